The third kappa shape index (κ3) is 4.42. The van der Waals surface area contributed by atoms with Gasteiger partial charge >= 0.3 is 0 Å². The van der Waals surface area contributed by atoms with E-state index in [9.17, 15) is 14.4 Å². The number of nitrogens with one attached hydrogen (secondary N) is 3. The molecule has 1 aromatic carbocycles. The maximum atomic E-state index is 12.0. The summed E-state index contributed by atoms with van der Waals surface area (Å²) in [7, 11) is 0. The van der Waals surface area contributed by atoms with Gasteiger partial charge in [-0.1, -0.05) is 30.3 Å². The van der Waals surface area contributed by atoms with E-state index in [0.717, 1.165) is 5.56 Å². The van der Waals surface area contributed by atoms with Crippen LogP contribution in [0.3, 0.4) is 0 Å². The van der Waals surface area contributed by atoms with Crippen molar-refractivity contribution < 1.29 is 14.4 Å². The zero-order chi connectivity index (χ0) is 15.9. The summed E-state index contributed by atoms with van der Waals surface area (Å²) in [5.74, 6) is -1.06. The molecule has 0 spiro atoms. The quantitative estimate of drug-likeness (QED) is 0.750. The van der Waals surface area contributed by atoms with Gasteiger partial charge in [0, 0.05) is 6.92 Å². The molecule has 0 unspecified atom stereocenters. The SMILES string of the molecule is CC(=O)NNC(=O)c1ccsc1NC(=O)Cc1ccccc1. The fourth-order valence-electron chi connectivity index (χ4n) is 1.75. The minimum Gasteiger partial charge on any atom is -0.317 e. The zero-order valence-corrected chi connectivity index (χ0v) is 12.7. The van der Waals surface area contributed by atoms with Crippen LogP contribution in [0.1, 0.15) is 22.8 Å². The first-order valence-electron chi connectivity index (χ1n) is 6.54. The predicted octanol–water partition coefficient (Wildman–Crippen LogP) is 1.71. The zero-order valence-electron chi connectivity index (χ0n) is 11.9. The van der Waals surface area contributed by atoms with Gasteiger partial charge in [0.2, 0.25) is 11.8 Å². The Morgan fingerprint density at radius 2 is 1.77 bits per heavy atom. The molecule has 2 rings (SSSR count). The van der Waals surface area contributed by atoms with E-state index in [2.05, 4.69) is 16.2 Å². The van der Waals surface area contributed by atoms with Gasteiger partial charge in [0.15, 0.2) is 0 Å². The van der Waals surface area contributed by atoms with Crippen LogP contribution >= 0.6 is 11.3 Å². The maximum Gasteiger partial charge on any atom is 0.272 e. The van der Waals surface area contributed by atoms with Crippen LogP contribution < -0.4 is 16.2 Å². The molecule has 0 radical (unpaired) electrons. The minimum atomic E-state index is -0.480. The van der Waals surface area contributed by atoms with Crippen molar-refractivity contribution >= 4 is 34.1 Å². The molecule has 0 aliphatic carbocycles. The number of anilines is 1. The lowest BCUT2D eigenvalue weighted by molar-refractivity contribution is -0.119. The molecular formula is C15H15N3O3S. The number of amides is 3. The van der Waals surface area contributed by atoms with E-state index in [-0.39, 0.29) is 18.2 Å². The van der Waals surface area contributed by atoms with E-state index in [4.69, 9.17) is 0 Å². The van der Waals surface area contributed by atoms with E-state index in [1.54, 1.807) is 11.4 Å². The van der Waals surface area contributed by atoms with Crippen LogP contribution in [-0.2, 0) is 16.0 Å². The van der Waals surface area contributed by atoms with Gasteiger partial charge in [0.25, 0.3) is 5.91 Å². The summed E-state index contributed by atoms with van der Waals surface area (Å²) in [6.07, 6.45) is 0.228. The molecule has 0 saturated heterocycles. The molecule has 0 atom stereocenters. The van der Waals surface area contributed by atoms with E-state index in [1.165, 1.54) is 18.3 Å². The number of hydrogen-bond acceptors (Lipinski definition) is 4. The first-order valence-corrected chi connectivity index (χ1v) is 7.42. The molecular weight excluding hydrogens is 302 g/mol. The Morgan fingerprint density at radius 1 is 1.05 bits per heavy atom. The number of carbonyl (C=O) groups excluding carboxylic acids is 3. The Hall–Kier alpha value is -2.67. The van der Waals surface area contributed by atoms with Gasteiger partial charge in [-0.3, -0.25) is 25.2 Å². The van der Waals surface area contributed by atoms with Gasteiger partial charge < -0.3 is 5.32 Å². The summed E-state index contributed by atoms with van der Waals surface area (Å²) >= 11 is 1.25. The smallest absolute Gasteiger partial charge is 0.272 e. The molecule has 0 bridgehead atoms. The number of hydrazine groups is 1. The first-order chi connectivity index (χ1) is 10.6. The van der Waals surface area contributed by atoms with E-state index >= 15 is 0 Å². The van der Waals surface area contributed by atoms with E-state index in [1.807, 2.05) is 30.3 Å². The van der Waals surface area contributed by atoms with Crippen LogP contribution in [0, 0.1) is 0 Å². The Bertz CT molecular complexity index is 682. The van der Waals surface area contributed by atoms with Crippen molar-refractivity contribution in [1.82, 2.24) is 10.9 Å². The predicted molar refractivity (Wildman–Crippen MR) is 84.4 cm³/mol. The van der Waals surface area contributed by atoms with Crippen molar-refractivity contribution in [2.75, 3.05) is 5.32 Å². The van der Waals surface area contributed by atoms with Crippen LogP contribution in [0.2, 0.25) is 0 Å². The highest BCUT2D eigenvalue weighted by Crippen LogP contribution is 2.23. The molecule has 3 amide bonds. The van der Waals surface area contributed by atoms with Crippen LogP contribution in [0.4, 0.5) is 5.00 Å². The minimum absolute atomic E-state index is 0.206. The summed E-state index contributed by atoms with van der Waals surface area (Å²) in [5, 5.41) is 4.86. The molecule has 0 fully saturated rings. The summed E-state index contributed by atoms with van der Waals surface area (Å²) in [6, 6.07) is 10.9. The Kier molecular flexibility index (Phi) is 5.26. The van der Waals surface area contributed by atoms with Gasteiger partial charge in [-0.05, 0) is 17.0 Å². The molecule has 0 aliphatic heterocycles. The lowest BCUT2D eigenvalue weighted by atomic mass is 10.1. The monoisotopic (exact) mass is 317 g/mol. The molecule has 1 aromatic heterocycles. The summed E-state index contributed by atoms with van der Waals surface area (Å²) < 4.78 is 0. The average molecular weight is 317 g/mol. The highest BCUT2D eigenvalue weighted by Gasteiger charge is 2.15. The summed E-state index contributed by atoms with van der Waals surface area (Å²) in [5.41, 5.74) is 5.67. The van der Waals surface area contributed by atoms with Gasteiger partial charge in [0.05, 0.1) is 12.0 Å². The number of rotatable bonds is 4. The van der Waals surface area contributed by atoms with Crippen molar-refractivity contribution in [2.45, 2.75) is 13.3 Å². The normalized spacial score (nSPS) is 9.86. The number of thiophene rings is 1. The van der Waals surface area contributed by atoms with Crippen molar-refractivity contribution in [3.63, 3.8) is 0 Å². The molecule has 114 valence electrons. The lowest BCUT2D eigenvalue weighted by Crippen LogP contribution is -2.40. The van der Waals surface area contributed by atoms with E-state index < -0.39 is 5.91 Å². The van der Waals surface area contributed by atoms with Crippen LogP contribution in [0.15, 0.2) is 41.8 Å². The van der Waals surface area contributed by atoms with Gasteiger partial charge in [-0.25, -0.2) is 0 Å². The summed E-state index contributed by atoms with van der Waals surface area (Å²) in [4.78, 5) is 34.7. The number of benzene rings is 1. The van der Waals surface area contributed by atoms with Crippen molar-refractivity contribution in [1.29, 1.82) is 0 Å². The Labute approximate surface area is 131 Å². The second-order valence-electron chi connectivity index (χ2n) is 4.51. The Balaban J connectivity index is 1.98. The molecule has 1 heterocycles. The molecule has 0 saturated carbocycles. The van der Waals surface area contributed by atoms with Crippen molar-refractivity contribution in [2.24, 2.45) is 0 Å². The first kappa shape index (κ1) is 15.7. The second kappa shape index (κ2) is 7.37. The average Bonchev–Trinajstić information content (AvgIpc) is 2.93. The standard InChI is InChI=1S/C15H15N3O3S/c1-10(19)17-18-14(21)12-7-8-22-15(12)16-13(20)9-11-5-3-2-4-6-11/h2-8H,9H2,1H3,(H,16,20)(H,17,19)(H,18,21). The topological polar surface area (TPSA) is 87.3 Å². The Morgan fingerprint density at radius 3 is 2.45 bits per heavy atom. The molecule has 3 N–H and O–H groups in total. The molecule has 2 aromatic rings. The van der Waals surface area contributed by atoms with Crippen molar-refractivity contribution in [3.8, 4) is 0 Å². The van der Waals surface area contributed by atoms with Gasteiger partial charge in [0.1, 0.15) is 5.00 Å². The molecule has 6 nitrogen and oxygen atoms in total. The fourth-order valence-corrected chi connectivity index (χ4v) is 2.55. The van der Waals surface area contributed by atoms with Gasteiger partial charge in [-0.15, -0.1) is 11.3 Å². The molecule has 22 heavy (non-hydrogen) atoms. The number of hydrogen-bond donors (Lipinski definition) is 3. The van der Waals surface area contributed by atoms with E-state index in [0.29, 0.717) is 10.6 Å². The lowest BCUT2D eigenvalue weighted by Gasteiger charge is -2.07. The highest BCUT2D eigenvalue weighted by atomic mass is 32.1. The van der Waals surface area contributed by atoms with Crippen LogP contribution in [0.25, 0.3) is 0 Å². The maximum absolute atomic E-state index is 12.0. The molecule has 0 aliphatic rings. The van der Waals surface area contributed by atoms with Crippen molar-refractivity contribution in [3.05, 3.63) is 52.9 Å². The third-order valence-electron chi connectivity index (χ3n) is 2.72. The van der Waals surface area contributed by atoms with Crippen LogP contribution in [0.5, 0.6) is 0 Å². The van der Waals surface area contributed by atoms with Crippen LogP contribution in [-0.4, -0.2) is 17.7 Å². The summed E-state index contributed by atoms with van der Waals surface area (Å²) in [6.45, 7) is 1.29. The highest BCUT2D eigenvalue weighted by molar-refractivity contribution is 7.14. The molecule has 7 heteroatoms. The fraction of sp³-hybridized carbons (Fsp3) is 0.133. The second-order valence-corrected chi connectivity index (χ2v) is 5.43. The largest absolute Gasteiger partial charge is 0.317 e. The third-order valence-corrected chi connectivity index (χ3v) is 3.55. The number of carbonyl (C=O) groups is 3. The van der Waals surface area contributed by atoms with Gasteiger partial charge in [-0.2, -0.15) is 0 Å².